The first-order valence-corrected chi connectivity index (χ1v) is 8.26. The molecule has 0 radical (unpaired) electrons. The first kappa shape index (κ1) is 16.9. The van der Waals surface area contributed by atoms with Gasteiger partial charge in [-0.15, -0.1) is 0 Å². The van der Waals surface area contributed by atoms with Crippen LogP contribution in [-0.4, -0.2) is 54.1 Å². The monoisotopic (exact) mass is 269 g/mol. The van der Waals surface area contributed by atoms with Crippen molar-refractivity contribution in [3.05, 3.63) is 0 Å². The maximum atomic E-state index is 6.11. The van der Waals surface area contributed by atoms with Crippen molar-refractivity contribution in [3.63, 3.8) is 0 Å². The van der Waals surface area contributed by atoms with Gasteiger partial charge in [0.25, 0.3) is 0 Å². The summed E-state index contributed by atoms with van der Waals surface area (Å²) in [5, 5.41) is 0. The summed E-state index contributed by atoms with van der Waals surface area (Å²) in [6.07, 6.45) is 6.61. The zero-order valence-corrected chi connectivity index (χ0v) is 13.6. The Morgan fingerprint density at radius 3 is 2.42 bits per heavy atom. The van der Waals surface area contributed by atoms with Crippen LogP contribution >= 0.6 is 0 Å². The minimum atomic E-state index is 0.210. The number of likely N-dealkylation sites (N-methyl/N-ethyl adjacent to an activating group) is 1. The summed E-state index contributed by atoms with van der Waals surface area (Å²) >= 11 is 0. The van der Waals surface area contributed by atoms with Crippen LogP contribution < -0.4 is 5.73 Å². The molecule has 0 aromatic rings. The fraction of sp³-hybridized carbons (Fsp3) is 1.00. The molecule has 1 rings (SSSR count). The number of unbranched alkanes of at least 4 members (excludes halogenated alkanes) is 3. The van der Waals surface area contributed by atoms with Gasteiger partial charge in [-0.25, -0.2) is 0 Å². The molecule has 3 nitrogen and oxygen atoms in total. The van der Waals surface area contributed by atoms with Gasteiger partial charge in [0.2, 0.25) is 0 Å². The van der Waals surface area contributed by atoms with E-state index in [1.807, 2.05) is 0 Å². The van der Waals surface area contributed by atoms with E-state index >= 15 is 0 Å². The van der Waals surface area contributed by atoms with Gasteiger partial charge in [0.05, 0.1) is 0 Å². The van der Waals surface area contributed by atoms with Crippen molar-refractivity contribution in [1.29, 1.82) is 0 Å². The zero-order valence-electron chi connectivity index (χ0n) is 13.6. The summed E-state index contributed by atoms with van der Waals surface area (Å²) in [7, 11) is 0. The molecule has 1 heterocycles. The van der Waals surface area contributed by atoms with Gasteiger partial charge in [-0.3, -0.25) is 9.80 Å². The van der Waals surface area contributed by atoms with Crippen LogP contribution in [0.2, 0.25) is 0 Å². The Morgan fingerprint density at radius 2 is 1.89 bits per heavy atom. The summed E-state index contributed by atoms with van der Waals surface area (Å²) in [6, 6.07) is 0.667. The fourth-order valence-corrected chi connectivity index (χ4v) is 3.28. The smallest absolute Gasteiger partial charge is 0.0304 e. The lowest BCUT2D eigenvalue weighted by atomic mass is 9.90. The second-order valence-corrected chi connectivity index (χ2v) is 6.44. The minimum absolute atomic E-state index is 0.210. The molecule has 0 saturated carbocycles. The van der Waals surface area contributed by atoms with Crippen LogP contribution in [0.1, 0.15) is 59.8 Å². The van der Waals surface area contributed by atoms with Gasteiger partial charge < -0.3 is 5.73 Å². The van der Waals surface area contributed by atoms with Gasteiger partial charge in [0, 0.05) is 37.8 Å². The molecular weight excluding hydrogens is 234 g/mol. The Bertz CT molecular complexity index is 244. The van der Waals surface area contributed by atoms with E-state index in [0.717, 1.165) is 6.54 Å². The molecule has 1 fully saturated rings. The lowest BCUT2D eigenvalue weighted by Gasteiger charge is -2.48. The zero-order chi connectivity index (χ0) is 14.3. The van der Waals surface area contributed by atoms with E-state index in [2.05, 4.69) is 37.5 Å². The number of piperazine rings is 1. The standard InChI is InChI=1S/C16H35N3/c1-5-7-8-9-10-16(4,14-17)19-12-11-18(6-2)15(3)13-19/h15H,5-14,17H2,1-4H3. The summed E-state index contributed by atoms with van der Waals surface area (Å²) < 4.78 is 0. The van der Waals surface area contributed by atoms with Crippen molar-refractivity contribution in [2.45, 2.75) is 71.4 Å². The summed E-state index contributed by atoms with van der Waals surface area (Å²) in [5.41, 5.74) is 6.32. The highest BCUT2D eigenvalue weighted by Crippen LogP contribution is 2.25. The molecule has 114 valence electrons. The van der Waals surface area contributed by atoms with Gasteiger partial charge in [0.15, 0.2) is 0 Å². The van der Waals surface area contributed by atoms with E-state index in [-0.39, 0.29) is 5.54 Å². The molecule has 1 aliphatic rings. The van der Waals surface area contributed by atoms with E-state index in [4.69, 9.17) is 5.73 Å². The number of nitrogens with two attached hydrogens (primary N) is 1. The Kier molecular flexibility index (Phi) is 7.33. The molecule has 0 spiro atoms. The quantitative estimate of drug-likeness (QED) is 0.688. The van der Waals surface area contributed by atoms with Crippen molar-refractivity contribution in [2.24, 2.45) is 5.73 Å². The van der Waals surface area contributed by atoms with Gasteiger partial charge in [-0.2, -0.15) is 0 Å². The third kappa shape index (κ3) is 4.73. The number of hydrogen-bond donors (Lipinski definition) is 1. The second-order valence-electron chi connectivity index (χ2n) is 6.44. The van der Waals surface area contributed by atoms with E-state index in [0.29, 0.717) is 6.04 Å². The predicted octanol–water partition coefficient (Wildman–Crippen LogP) is 2.70. The fourth-order valence-electron chi connectivity index (χ4n) is 3.28. The molecule has 0 aromatic carbocycles. The third-order valence-corrected chi connectivity index (χ3v) is 4.94. The van der Waals surface area contributed by atoms with Crippen LogP contribution in [0.4, 0.5) is 0 Å². The molecule has 2 atom stereocenters. The van der Waals surface area contributed by atoms with Crippen LogP contribution in [0, 0.1) is 0 Å². The van der Waals surface area contributed by atoms with Gasteiger partial charge in [-0.1, -0.05) is 39.5 Å². The molecule has 1 aliphatic heterocycles. The summed E-state index contributed by atoms with van der Waals surface area (Å²) in [5.74, 6) is 0. The SMILES string of the molecule is CCCCCCC(C)(CN)N1CCN(CC)C(C)C1. The van der Waals surface area contributed by atoms with E-state index < -0.39 is 0 Å². The van der Waals surface area contributed by atoms with Crippen molar-refractivity contribution >= 4 is 0 Å². The molecule has 0 bridgehead atoms. The van der Waals surface area contributed by atoms with Crippen molar-refractivity contribution in [3.8, 4) is 0 Å². The third-order valence-electron chi connectivity index (χ3n) is 4.94. The first-order chi connectivity index (χ1) is 9.07. The predicted molar refractivity (Wildman–Crippen MR) is 84.5 cm³/mol. The number of hydrogen-bond acceptors (Lipinski definition) is 3. The summed E-state index contributed by atoms with van der Waals surface area (Å²) in [6.45, 7) is 14.8. The average Bonchev–Trinajstić information content (AvgIpc) is 2.43. The second kappa shape index (κ2) is 8.23. The number of nitrogens with zero attached hydrogens (tertiary/aromatic N) is 2. The van der Waals surface area contributed by atoms with Crippen molar-refractivity contribution in [1.82, 2.24) is 9.80 Å². The first-order valence-electron chi connectivity index (χ1n) is 8.26. The van der Waals surface area contributed by atoms with Crippen LogP contribution in [0.25, 0.3) is 0 Å². The Hall–Kier alpha value is -0.120. The molecular formula is C16H35N3. The Balaban J connectivity index is 2.49. The van der Waals surface area contributed by atoms with Gasteiger partial charge in [-0.05, 0) is 26.8 Å². The van der Waals surface area contributed by atoms with Crippen LogP contribution in [-0.2, 0) is 0 Å². The van der Waals surface area contributed by atoms with E-state index in [1.54, 1.807) is 0 Å². The molecule has 0 aromatic heterocycles. The highest BCUT2D eigenvalue weighted by molar-refractivity contribution is 4.92. The van der Waals surface area contributed by atoms with Gasteiger partial charge >= 0.3 is 0 Å². The van der Waals surface area contributed by atoms with E-state index in [9.17, 15) is 0 Å². The lowest BCUT2D eigenvalue weighted by Crippen LogP contribution is -2.61. The average molecular weight is 269 g/mol. The molecule has 3 heteroatoms. The molecule has 2 unspecified atom stereocenters. The largest absolute Gasteiger partial charge is 0.329 e. The molecule has 2 N–H and O–H groups in total. The van der Waals surface area contributed by atoms with Crippen LogP contribution in [0.3, 0.4) is 0 Å². The highest BCUT2D eigenvalue weighted by Gasteiger charge is 2.34. The van der Waals surface area contributed by atoms with E-state index in [1.165, 1.54) is 58.3 Å². The van der Waals surface area contributed by atoms with Crippen LogP contribution in [0.5, 0.6) is 0 Å². The minimum Gasteiger partial charge on any atom is -0.329 e. The molecule has 19 heavy (non-hydrogen) atoms. The molecule has 1 saturated heterocycles. The highest BCUT2D eigenvalue weighted by atomic mass is 15.3. The Labute approximate surface area is 120 Å². The van der Waals surface area contributed by atoms with Crippen LogP contribution in [0.15, 0.2) is 0 Å². The Morgan fingerprint density at radius 1 is 1.16 bits per heavy atom. The van der Waals surface area contributed by atoms with Crippen molar-refractivity contribution < 1.29 is 0 Å². The molecule has 0 amide bonds. The maximum absolute atomic E-state index is 6.11. The number of rotatable bonds is 8. The van der Waals surface area contributed by atoms with Gasteiger partial charge in [0.1, 0.15) is 0 Å². The maximum Gasteiger partial charge on any atom is 0.0304 e. The van der Waals surface area contributed by atoms with Crippen molar-refractivity contribution in [2.75, 3.05) is 32.7 Å². The summed E-state index contributed by atoms with van der Waals surface area (Å²) in [4.78, 5) is 5.22. The molecule has 0 aliphatic carbocycles. The normalized spacial score (nSPS) is 25.4. The topological polar surface area (TPSA) is 32.5 Å². The lowest BCUT2D eigenvalue weighted by molar-refractivity contribution is 0.0133.